The number of hydrogen-bond acceptors (Lipinski definition) is 6. The Labute approximate surface area is 308 Å². The molecule has 0 aromatic rings. The summed E-state index contributed by atoms with van der Waals surface area (Å²) in [5.41, 5.74) is 0. The van der Waals surface area contributed by atoms with Gasteiger partial charge in [0, 0.05) is 18.0 Å². The van der Waals surface area contributed by atoms with Gasteiger partial charge in [-0.25, -0.2) is 4.79 Å². The Hall–Kier alpha value is -1.08. The van der Waals surface area contributed by atoms with Crippen LogP contribution in [0.1, 0.15) is 219 Å². The number of ether oxygens (including phenoxy) is 1. The molecule has 0 aliphatic carbocycles. The van der Waals surface area contributed by atoms with Crippen LogP contribution in [0.25, 0.3) is 0 Å². The molecule has 0 rings (SSSR count). The molecule has 0 aliphatic heterocycles. The van der Waals surface area contributed by atoms with Crippen molar-refractivity contribution in [2.45, 2.75) is 219 Å². The van der Waals surface area contributed by atoms with Gasteiger partial charge < -0.3 is 24.5 Å². The summed E-state index contributed by atoms with van der Waals surface area (Å²) >= 11 is 0. The first-order chi connectivity index (χ1) is 22.3. The van der Waals surface area contributed by atoms with Crippen molar-refractivity contribution in [1.29, 1.82) is 0 Å². The van der Waals surface area contributed by atoms with E-state index in [4.69, 9.17) is 0 Å². The third kappa shape index (κ3) is 60.7. The van der Waals surface area contributed by atoms with Gasteiger partial charge in [-0.15, -0.1) is 0 Å². The molecule has 7 heteroatoms. The first-order valence-corrected chi connectivity index (χ1v) is 19.5. The van der Waals surface area contributed by atoms with Crippen LogP contribution in [0.15, 0.2) is 12.7 Å². The number of carboxylic acid groups (broad SMARTS) is 2. The fourth-order valence-electron chi connectivity index (χ4n) is 5.36. The van der Waals surface area contributed by atoms with E-state index in [1.807, 2.05) is 0 Å². The topological polar surface area (TPSA) is 107 Å². The normalized spacial score (nSPS) is 10.1. The fraction of sp³-hybridized carbons (Fsp3) is 0.875. The third-order valence-electron chi connectivity index (χ3n) is 8.34. The smallest absolute Gasteiger partial charge is 0.550 e. The van der Waals surface area contributed by atoms with Gasteiger partial charge in [0.2, 0.25) is 0 Å². The molecule has 0 atom stereocenters. The van der Waals surface area contributed by atoms with Gasteiger partial charge >= 0.3 is 29.0 Å². The maximum absolute atomic E-state index is 10.2. The Morgan fingerprint density at radius 2 is 0.638 bits per heavy atom. The molecule has 0 unspecified atom stereocenters. The number of aliphatic carboxylic acids is 2. The second-order valence-electron chi connectivity index (χ2n) is 12.9. The molecule has 0 spiro atoms. The number of unbranched alkanes of at least 4 members (excludes halogenated alkanes) is 28. The predicted octanol–water partition coefficient (Wildman–Crippen LogP) is 9.96. The van der Waals surface area contributed by atoms with Crippen molar-refractivity contribution < 1.29 is 29.3 Å². The number of hydrogen-bond donors (Lipinski definition) is 0. The Balaban J connectivity index is -0.000000329. The van der Waals surface area contributed by atoms with Gasteiger partial charge in [0.25, 0.3) is 0 Å². The zero-order valence-corrected chi connectivity index (χ0v) is 33.0. The molecular formula is C40H76MgO6. The molecule has 0 N–H and O–H groups in total. The Morgan fingerprint density at radius 1 is 0.447 bits per heavy atom. The van der Waals surface area contributed by atoms with E-state index in [1.165, 1.54) is 174 Å². The van der Waals surface area contributed by atoms with Gasteiger partial charge in [0.15, 0.2) is 0 Å². The Morgan fingerprint density at radius 3 is 0.766 bits per heavy atom. The Kier molecular flexibility index (Phi) is 55.3. The van der Waals surface area contributed by atoms with Gasteiger partial charge in [-0.2, -0.15) is 0 Å². The van der Waals surface area contributed by atoms with Crippen molar-refractivity contribution in [2.75, 3.05) is 7.11 Å². The van der Waals surface area contributed by atoms with Crippen molar-refractivity contribution in [3.05, 3.63) is 12.7 Å². The standard InChI is InChI=1S/2C18H36O2.C4H6O2.Mg/c2*1-2-3-4-5-6-7-8-9-10-11-12-13-14-15-16-17-18(19)20;1-3-4(5)6-2;/h2*2-17H2,1H3,(H,19,20);3H,1H2,2H3;/q;;;+2/p-2. The summed E-state index contributed by atoms with van der Waals surface area (Å²) < 4.78 is 4.14. The molecule has 47 heavy (non-hydrogen) atoms. The molecular weight excluding hydrogens is 601 g/mol. The molecule has 0 amide bonds. The van der Waals surface area contributed by atoms with E-state index in [1.54, 1.807) is 0 Å². The summed E-state index contributed by atoms with van der Waals surface area (Å²) in [4.78, 5) is 30.3. The minimum atomic E-state index is -0.903. The molecule has 6 nitrogen and oxygen atoms in total. The quantitative estimate of drug-likeness (QED) is 0.0296. The number of rotatable bonds is 33. The van der Waals surface area contributed by atoms with Crippen LogP contribution in [0, 0.1) is 0 Å². The van der Waals surface area contributed by atoms with E-state index in [-0.39, 0.29) is 35.9 Å². The van der Waals surface area contributed by atoms with E-state index >= 15 is 0 Å². The average molecular weight is 677 g/mol. The summed E-state index contributed by atoms with van der Waals surface area (Å²) in [7, 11) is 1.31. The molecule has 0 heterocycles. The number of carbonyl (C=O) groups excluding carboxylic acids is 3. The molecule has 274 valence electrons. The molecule has 0 fully saturated rings. The van der Waals surface area contributed by atoms with Gasteiger partial charge in [0.1, 0.15) is 0 Å². The molecule has 0 aliphatic rings. The third-order valence-corrected chi connectivity index (χ3v) is 8.34. The van der Waals surface area contributed by atoms with Crippen LogP contribution in [-0.4, -0.2) is 48.1 Å². The first-order valence-electron chi connectivity index (χ1n) is 19.5. The van der Waals surface area contributed by atoms with Crippen molar-refractivity contribution in [3.8, 4) is 0 Å². The number of esters is 1. The van der Waals surface area contributed by atoms with E-state index in [0.29, 0.717) is 0 Å². The van der Waals surface area contributed by atoms with Crippen LogP contribution in [0.5, 0.6) is 0 Å². The van der Waals surface area contributed by atoms with Crippen LogP contribution in [0.3, 0.4) is 0 Å². The average Bonchev–Trinajstić information content (AvgIpc) is 3.04. The van der Waals surface area contributed by atoms with Crippen LogP contribution < -0.4 is 10.2 Å². The van der Waals surface area contributed by atoms with E-state index in [2.05, 4.69) is 25.2 Å². The van der Waals surface area contributed by atoms with Gasteiger partial charge in [-0.3, -0.25) is 0 Å². The van der Waals surface area contributed by atoms with Crippen LogP contribution in [-0.2, 0) is 19.1 Å². The molecule has 0 saturated carbocycles. The summed E-state index contributed by atoms with van der Waals surface area (Å²) in [5, 5.41) is 20.4. The maximum atomic E-state index is 10.2. The molecule has 0 aromatic heterocycles. The van der Waals surface area contributed by atoms with Crippen molar-refractivity contribution in [3.63, 3.8) is 0 Å². The van der Waals surface area contributed by atoms with Crippen molar-refractivity contribution in [1.82, 2.24) is 0 Å². The minimum Gasteiger partial charge on any atom is -0.550 e. The van der Waals surface area contributed by atoms with Gasteiger partial charge in [-0.1, -0.05) is 200 Å². The van der Waals surface area contributed by atoms with E-state index in [9.17, 15) is 24.6 Å². The summed E-state index contributed by atoms with van der Waals surface area (Å²) in [5.74, 6) is -2.20. The largest absolute Gasteiger partial charge is 2.00 e. The van der Waals surface area contributed by atoms with Crippen molar-refractivity contribution >= 4 is 41.0 Å². The summed E-state index contributed by atoms with van der Waals surface area (Å²) in [6, 6.07) is 0. The molecule has 0 bridgehead atoms. The second-order valence-corrected chi connectivity index (χ2v) is 12.9. The number of carboxylic acids is 2. The molecule has 0 aromatic carbocycles. The van der Waals surface area contributed by atoms with Crippen molar-refractivity contribution in [2.24, 2.45) is 0 Å². The van der Waals surface area contributed by atoms with Crippen LogP contribution >= 0.6 is 0 Å². The fourth-order valence-corrected chi connectivity index (χ4v) is 5.36. The molecule has 0 radical (unpaired) electrons. The summed E-state index contributed by atoms with van der Waals surface area (Å²) in [6.45, 7) is 7.69. The SMILES string of the molecule is C=CC(=O)OC.CCCCCCCCCCCCCCCCCC(=O)[O-].CCCCCCCCCCCCCCCCCC(=O)[O-].[Mg+2]. The molecule has 0 saturated heterocycles. The van der Waals surface area contributed by atoms with Gasteiger partial charge in [0.05, 0.1) is 7.11 Å². The zero-order chi connectivity index (χ0) is 34.8. The van der Waals surface area contributed by atoms with Crippen LogP contribution in [0.4, 0.5) is 0 Å². The summed E-state index contributed by atoms with van der Waals surface area (Å²) in [6.07, 6.45) is 40.8. The number of methoxy groups -OCH3 is 1. The second kappa shape index (κ2) is 49.3. The van der Waals surface area contributed by atoms with Gasteiger partial charge in [-0.05, 0) is 25.7 Å². The monoisotopic (exact) mass is 677 g/mol. The van der Waals surface area contributed by atoms with E-state index < -0.39 is 17.9 Å². The maximum Gasteiger partial charge on any atom is 2.00 e. The van der Waals surface area contributed by atoms with E-state index in [0.717, 1.165) is 31.8 Å². The Bertz CT molecular complexity index is 596. The zero-order valence-electron chi connectivity index (χ0n) is 31.6. The minimum absolute atomic E-state index is 0. The van der Waals surface area contributed by atoms with Crippen LogP contribution in [0.2, 0.25) is 0 Å². The predicted molar refractivity (Wildman–Crippen MR) is 197 cm³/mol. The first kappa shape index (κ1) is 52.7. The number of carbonyl (C=O) groups is 3.